The van der Waals surface area contributed by atoms with Crippen molar-refractivity contribution < 1.29 is 29.3 Å². The molecule has 0 radical (unpaired) electrons. The van der Waals surface area contributed by atoms with E-state index in [1.165, 1.54) is 5.38 Å². The topological polar surface area (TPSA) is 118 Å². The third-order valence-electron chi connectivity index (χ3n) is 5.42. The Hall–Kier alpha value is -3.27. The Morgan fingerprint density at radius 3 is 2.33 bits per heavy atom. The predicted octanol–water partition coefficient (Wildman–Crippen LogP) is 3.25. The number of amides is 1. The van der Waals surface area contributed by atoms with Crippen molar-refractivity contribution in [3.05, 3.63) is 75.7 Å². The van der Waals surface area contributed by atoms with Gasteiger partial charge in [-0.3, -0.25) is 0 Å². The van der Waals surface area contributed by atoms with Gasteiger partial charge in [-0.05, 0) is 29.2 Å². The van der Waals surface area contributed by atoms with Gasteiger partial charge in [-0.1, -0.05) is 48.5 Å². The molecule has 2 aromatic carbocycles. The molecule has 0 spiro atoms. The van der Waals surface area contributed by atoms with Crippen molar-refractivity contribution in [2.75, 3.05) is 19.8 Å². The summed E-state index contributed by atoms with van der Waals surface area (Å²) in [4.78, 5) is 28.0. The van der Waals surface area contributed by atoms with E-state index in [1.807, 2.05) is 36.4 Å². The molecule has 1 aliphatic rings. The molecule has 4 rings (SSSR count). The SMILES string of the molecule is CCOC(=O)c1csc(C(O)C(O)CNC(=O)OCC2c3ccccc3-c3ccccc32)n1. The molecule has 0 bridgehead atoms. The van der Waals surface area contributed by atoms with E-state index in [1.54, 1.807) is 6.92 Å². The Balaban J connectivity index is 1.31. The van der Waals surface area contributed by atoms with Gasteiger partial charge in [0.05, 0.1) is 6.61 Å². The zero-order chi connectivity index (χ0) is 23.4. The lowest BCUT2D eigenvalue weighted by Crippen LogP contribution is -2.36. The van der Waals surface area contributed by atoms with Gasteiger partial charge in [-0.15, -0.1) is 11.3 Å². The van der Waals surface area contributed by atoms with Crippen LogP contribution in [0.5, 0.6) is 0 Å². The Kier molecular flexibility index (Phi) is 7.02. The second kappa shape index (κ2) is 10.1. The van der Waals surface area contributed by atoms with Crippen molar-refractivity contribution in [3.8, 4) is 11.1 Å². The normalized spacial score (nSPS) is 14.2. The van der Waals surface area contributed by atoms with Gasteiger partial charge in [-0.2, -0.15) is 0 Å². The van der Waals surface area contributed by atoms with E-state index in [9.17, 15) is 19.8 Å². The molecule has 0 saturated carbocycles. The second-order valence-electron chi connectivity index (χ2n) is 7.51. The fraction of sp³-hybridized carbons (Fsp3) is 0.292. The number of rotatable bonds is 8. The highest BCUT2D eigenvalue weighted by atomic mass is 32.1. The molecule has 8 nitrogen and oxygen atoms in total. The molecule has 172 valence electrons. The van der Waals surface area contributed by atoms with E-state index >= 15 is 0 Å². The standard InChI is InChI=1S/C24H24N2O6S/c1-2-31-23(29)19-13-33-22(26-19)21(28)20(27)11-25-24(30)32-12-18-16-9-5-3-7-14(16)15-8-4-6-10-17(15)18/h3-10,13,18,20-21,27-28H,2,11-12H2,1H3,(H,25,30). The number of hydrogen-bond donors (Lipinski definition) is 3. The molecule has 2 atom stereocenters. The zero-order valence-corrected chi connectivity index (χ0v) is 18.7. The number of aliphatic hydroxyl groups is 2. The Labute approximate surface area is 194 Å². The molecule has 33 heavy (non-hydrogen) atoms. The van der Waals surface area contributed by atoms with E-state index in [-0.39, 0.29) is 36.4 Å². The van der Waals surface area contributed by atoms with Gasteiger partial charge in [0.15, 0.2) is 5.69 Å². The van der Waals surface area contributed by atoms with E-state index in [0.717, 1.165) is 33.6 Å². The highest BCUT2D eigenvalue weighted by molar-refractivity contribution is 7.09. The number of thiazole rings is 1. The van der Waals surface area contributed by atoms with Crippen molar-refractivity contribution in [1.29, 1.82) is 0 Å². The lowest BCUT2D eigenvalue weighted by atomic mass is 9.98. The molecule has 3 aromatic rings. The van der Waals surface area contributed by atoms with Gasteiger partial charge in [0.1, 0.15) is 23.8 Å². The first-order valence-corrected chi connectivity index (χ1v) is 11.4. The number of carbonyl (C=O) groups excluding carboxylic acids is 2. The van der Waals surface area contributed by atoms with Crippen LogP contribution >= 0.6 is 11.3 Å². The molecular formula is C24H24N2O6S. The summed E-state index contributed by atoms with van der Waals surface area (Å²) in [5.74, 6) is -0.672. The van der Waals surface area contributed by atoms with E-state index in [4.69, 9.17) is 9.47 Å². The number of carbonyl (C=O) groups is 2. The van der Waals surface area contributed by atoms with Crippen LogP contribution in [0.3, 0.4) is 0 Å². The molecule has 1 amide bonds. The maximum atomic E-state index is 12.3. The smallest absolute Gasteiger partial charge is 0.407 e. The van der Waals surface area contributed by atoms with Crippen LogP contribution < -0.4 is 5.32 Å². The summed E-state index contributed by atoms with van der Waals surface area (Å²) in [5, 5.41) is 24.6. The highest BCUT2D eigenvalue weighted by Gasteiger charge is 2.29. The first-order chi connectivity index (χ1) is 16.0. The Morgan fingerprint density at radius 1 is 1.06 bits per heavy atom. The van der Waals surface area contributed by atoms with E-state index < -0.39 is 24.3 Å². The Morgan fingerprint density at radius 2 is 1.70 bits per heavy atom. The molecule has 2 unspecified atom stereocenters. The summed E-state index contributed by atoms with van der Waals surface area (Å²) in [5.41, 5.74) is 4.52. The van der Waals surface area contributed by atoms with Gasteiger partial charge in [0.2, 0.25) is 0 Å². The quantitative estimate of drug-likeness (QED) is 0.434. The van der Waals surface area contributed by atoms with Crippen LogP contribution in [-0.4, -0.2) is 53.1 Å². The minimum absolute atomic E-state index is 0.0626. The summed E-state index contributed by atoms with van der Waals surface area (Å²) >= 11 is 1.02. The molecule has 3 N–H and O–H groups in total. The van der Waals surface area contributed by atoms with Gasteiger partial charge >= 0.3 is 12.1 Å². The molecular weight excluding hydrogens is 444 g/mol. The third-order valence-corrected chi connectivity index (χ3v) is 6.34. The number of hydrogen-bond acceptors (Lipinski definition) is 8. The summed E-state index contributed by atoms with van der Waals surface area (Å²) in [6, 6.07) is 16.0. The lowest BCUT2D eigenvalue weighted by Gasteiger charge is -2.18. The van der Waals surface area contributed by atoms with Crippen LogP contribution in [0.15, 0.2) is 53.9 Å². The van der Waals surface area contributed by atoms with Crippen molar-refractivity contribution in [2.24, 2.45) is 0 Å². The number of aromatic nitrogens is 1. The number of aliphatic hydroxyl groups excluding tert-OH is 2. The van der Waals surface area contributed by atoms with Gasteiger partial charge in [-0.25, -0.2) is 14.6 Å². The first kappa shape index (κ1) is 22.9. The number of nitrogens with one attached hydrogen (secondary N) is 1. The number of alkyl carbamates (subject to hydrolysis) is 1. The van der Waals surface area contributed by atoms with Crippen molar-refractivity contribution in [3.63, 3.8) is 0 Å². The number of nitrogens with zero attached hydrogens (tertiary/aromatic N) is 1. The Bertz CT molecular complexity index is 1100. The minimum atomic E-state index is -1.37. The number of esters is 1. The van der Waals surface area contributed by atoms with Crippen LogP contribution in [-0.2, 0) is 9.47 Å². The number of benzene rings is 2. The van der Waals surface area contributed by atoms with Gasteiger partial charge < -0.3 is 25.0 Å². The summed E-state index contributed by atoms with van der Waals surface area (Å²) in [7, 11) is 0. The lowest BCUT2D eigenvalue weighted by molar-refractivity contribution is 0.0182. The van der Waals surface area contributed by atoms with Crippen LogP contribution in [0.25, 0.3) is 11.1 Å². The minimum Gasteiger partial charge on any atom is -0.461 e. The zero-order valence-electron chi connectivity index (χ0n) is 17.9. The molecule has 1 heterocycles. The number of fused-ring (bicyclic) bond motifs is 3. The largest absolute Gasteiger partial charge is 0.461 e. The van der Waals surface area contributed by atoms with E-state index in [0.29, 0.717) is 0 Å². The van der Waals surface area contributed by atoms with E-state index in [2.05, 4.69) is 22.4 Å². The average Bonchev–Trinajstić information content (AvgIpc) is 3.44. The molecule has 0 fully saturated rings. The van der Waals surface area contributed by atoms with Crippen LogP contribution in [0.2, 0.25) is 0 Å². The summed E-state index contributed by atoms with van der Waals surface area (Å²) in [6.07, 6.45) is -3.40. The predicted molar refractivity (Wildman–Crippen MR) is 122 cm³/mol. The fourth-order valence-corrected chi connectivity index (χ4v) is 4.66. The maximum Gasteiger partial charge on any atom is 0.407 e. The van der Waals surface area contributed by atoms with Crippen LogP contribution in [0, 0.1) is 0 Å². The van der Waals surface area contributed by atoms with Gasteiger partial charge in [0, 0.05) is 17.8 Å². The second-order valence-corrected chi connectivity index (χ2v) is 8.40. The third kappa shape index (κ3) is 4.90. The molecule has 0 aliphatic heterocycles. The fourth-order valence-electron chi connectivity index (χ4n) is 3.84. The number of ether oxygens (including phenoxy) is 2. The molecule has 0 saturated heterocycles. The first-order valence-electron chi connectivity index (χ1n) is 10.6. The van der Waals surface area contributed by atoms with Crippen LogP contribution in [0.4, 0.5) is 4.79 Å². The summed E-state index contributed by atoms with van der Waals surface area (Å²) in [6.45, 7) is 1.79. The van der Waals surface area contributed by atoms with Crippen molar-refractivity contribution in [1.82, 2.24) is 10.3 Å². The van der Waals surface area contributed by atoms with Crippen molar-refractivity contribution >= 4 is 23.4 Å². The molecule has 9 heteroatoms. The molecule has 1 aromatic heterocycles. The van der Waals surface area contributed by atoms with Gasteiger partial charge in [0.25, 0.3) is 0 Å². The molecule has 1 aliphatic carbocycles. The highest BCUT2D eigenvalue weighted by Crippen LogP contribution is 2.44. The summed E-state index contributed by atoms with van der Waals surface area (Å²) < 4.78 is 10.3. The average molecular weight is 469 g/mol. The van der Waals surface area contributed by atoms with Crippen LogP contribution in [0.1, 0.15) is 45.6 Å². The van der Waals surface area contributed by atoms with Crippen molar-refractivity contribution in [2.45, 2.75) is 25.0 Å². The monoisotopic (exact) mass is 468 g/mol. The maximum absolute atomic E-state index is 12.3.